The van der Waals surface area contributed by atoms with Gasteiger partial charge in [0.15, 0.2) is 0 Å². The Bertz CT molecular complexity index is 1030. The Kier molecular flexibility index (Phi) is 5.89. The summed E-state index contributed by atoms with van der Waals surface area (Å²) in [5.74, 6) is 0.337. The predicted octanol–water partition coefficient (Wildman–Crippen LogP) is 4.85. The normalized spacial score (nSPS) is 28.0. The average molecular weight is 437 g/mol. The largest absolute Gasteiger partial charge is 0.461 e. The first-order chi connectivity index (χ1) is 15.5. The second kappa shape index (κ2) is 8.68. The molecule has 1 saturated carbocycles. The molecule has 0 spiro atoms. The third-order valence-electron chi connectivity index (χ3n) is 7.90. The van der Waals surface area contributed by atoms with Crippen molar-refractivity contribution in [1.29, 1.82) is 0 Å². The first-order valence-electron chi connectivity index (χ1n) is 12.2. The van der Waals surface area contributed by atoms with Crippen molar-refractivity contribution in [1.82, 2.24) is 9.47 Å². The Morgan fingerprint density at radius 3 is 2.69 bits per heavy atom. The molecular formula is C27H36N2O3. The smallest absolute Gasteiger partial charge is 0.309 e. The molecular weight excluding hydrogens is 400 g/mol. The molecule has 0 amide bonds. The van der Waals surface area contributed by atoms with Crippen LogP contribution in [0.25, 0.3) is 10.9 Å². The first kappa shape index (κ1) is 21.7. The molecule has 2 atom stereocenters. The van der Waals surface area contributed by atoms with Crippen LogP contribution in [0.2, 0.25) is 0 Å². The lowest BCUT2D eigenvalue weighted by Crippen LogP contribution is -2.44. The fourth-order valence-corrected chi connectivity index (χ4v) is 6.13. The maximum absolute atomic E-state index is 12.7. The van der Waals surface area contributed by atoms with E-state index in [0.29, 0.717) is 30.7 Å². The number of hydrogen-bond acceptors (Lipinski definition) is 4. The maximum Gasteiger partial charge on any atom is 0.309 e. The van der Waals surface area contributed by atoms with Crippen molar-refractivity contribution in [3.63, 3.8) is 0 Å². The minimum Gasteiger partial charge on any atom is -0.461 e. The fourth-order valence-electron chi connectivity index (χ4n) is 6.13. The number of carbonyl (C=O) groups is 1. The van der Waals surface area contributed by atoms with Crippen molar-refractivity contribution in [2.45, 2.75) is 70.1 Å². The van der Waals surface area contributed by atoms with E-state index in [1.54, 1.807) is 7.11 Å². The highest BCUT2D eigenvalue weighted by molar-refractivity contribution is 5.89. The number of ether oxygens (including phenoxy) is 2. The van der Waals surface area contributed by atoms with Crippen LogP contribution in [0, 0.1) is 5.92 Å². The van der Waals surface area contributed by atoms with Crippen LogP contribution in [0.3, 0.4) is 0 Å². The van der Waals surface area contributed by atoms with Gasteiger partial charge in [0.05, 0.1) is 12.0 Å². The summed E-state index contributed by atoms with van der Waals surface area (Å²) in [5.41, 5.74) is 5.44. The van der Waals surface area contributed by atoms with Crippen LogP contribution in [-0.4, -0.2) is 54.9 Å². The lowest BCUT2D eigenvalue weighted by molar-refractivity contribution is -0.149. The van der Waals surface area contributed by atoms with Gasteiger partial charge in [0.1, 0.15) is 6.61 Å². The van der Waals surface area contributed by atoms with Crippen molar-refractivity contribution in [3.05, 3.63) is 47.2 Å². The number of benzene rings is 1. The Balaban J connectivity index is 1.35. The zero-order valence-corrected chi connectivity index (χ0v) is 19.8. The number of nitrogens with zero attached hydrogens (tertiary/aromatic N) is 2. The van der Waals surface area contributed by atoms with Crippen LogP contribution < -0.4 is 0 Å². The van der Waals surface area contributed by atoms with E-state index in [1.165, 1.54) is 27.6 Å². The molecule has 0 radical (unpaired) electrons. The summed E-state index contributed by atoms with van der Waals surface area (Å²) in [5, 5.41) is 1.43. The van der Waals surface area contributed by atoms with Gasteiger partial charge in [-0.3, -0.25) is 9.69 Å². The number of likely N-dealkylation sites (N-methyl/N-ethyl adjacent to an activating group) is 1. The first-order valence-corrected chi connectivity index (χ1v) is 12.2. The number of fused-ring (bicyclic) bond motifs is 2. The molecule has 2 aromatic rings. The van der Waals surface area contributed by atoms with Gasteiger partial charge < -0.3 is 14.0 Å². The van der Waals surface area contributed by atoms with E-state index in [4.69, 9.17) is 9.47 Å². The predicted molar refractivity (Wildman–Crippen MR) is 127 cm³/mol. The standard InChI is InChI=1S/C27H36N2O3/c1-17(2)29-15-20-13-25-23(22-6-5-7-24(29)26(20)22)12-18(14-28(25)3)16-32-27(30)19-8-10-21(31-4)11-9-19/h5-7,12,15,17,19,21,23,25H,8-11,13-14,16H2,1-4H3/t19?,21?,23-,25-/m1/s1. The molecule has 1 aliphatic heterocycles. The van der Waals surface area contributed by atoms with Gasteiger partial charge in [-0.05, 0) is 75.8 Å². The summed E-state index contributed by atoms with van der Waals surface area (Å²) in [7, 11) is 3.97. The molecule has 1 aromatic heterocycles. The van der Waals surface area contributed by atoms with E-state index in [9.17, 15) is 4.79 Å². The number of rotatable bonds is 5. The lowest BCUT2D eigenvalue weighted by atomic mass is 9.77. The second-order valence-electron chi connectivity index (χ2n) is 10.3. The van der Waals surface area contributed by atoms with Crippen molar-refractivity contribution in [3.8, 4) is 0 Å². The van der Waals surface area contributed by atoms with E-state index in [-0.39, 0.29) is 11.9 Å². The molecule has 2 heterocycles. The highest BCUT2D eigenvalue weighted by atomic mass is 16.5. The number of carbonyl (C=O) groups excluding carboxylic acids is 1. The number of esters is 1. The van der Waals surface area contributed by atoms with Gasteiger partial charge in [-0.1, -0.05) is 18.2 Å². The van der Waals surface area contributed by atoms with Crippen molar-refractivity contribution in [2.24, 2.45) is 5.92 Å². The van der Waals surface area contributed by atoms with Crippen molar-refractivity contribution < 1.29 is 14.3 Å². The maximum atomic E-state index is 12.7. The molecule has 0 N–H and O–H groups in total. The van der Waals surface area contributed by atoms with Gasteiger partial charge in [-0.25, -0.2) is 0 Å². The number of methoxy groups -OCH3 is 1. The van der Waals surface area contributed by atoms with Gasteiger partial charge in [-0.2, -0.15) is 0 Å². The zero-order valence-electron chi connectivity index (χ0n) is 19.8. The van der Waals surface area contributed by atoms with Crippen LogP contribution in [0.5, 0.6) is 0 Å². The van der Waals surface area contributed by atoms with Crippen molar-refractivity contribution >= 4 is 16.9 Å². The van der Waals surface area contributed by atoms with E-state index in [2.05, 4.69) is 60.8 Å². The van der Waals surface area contributed by atoms with Gasteiger partial charge >= 0.3 is 5.97 Å². The topological polar surface area (TPSA) is 43.7 Å². The monoisotopic (exact) mass is 436 g/mol. The summed E-state index contributed by atoms with van der Waals surface area (Å²) < 4.78 is 13.7. The Morgan fingerprint density at radius 2 is 1.97 bits per heavy atom. The van der Waals surface area contributed by atoms with Crippen molar-refractivity contribution in [2.75, 3.05) is 27.3 Å². The number of hydrogen-bond donors (Lipinski definition) is 0. The highest BCUT2D eigenvalue weighted by Crippen LogP contribution is 2.43. The molecule has 2 aliphatic carbocycles. The SMILES string of the molecule is COC1CCC(C(=O)OCC2=C[C@@H]3c4cccc5c4c(cn5C(C)C)C[C@H]3N(C)C2)CC1. The highest BCUT2D eigenvalue weighted by Gasteiger charge is 2.36. The quantitative estimate of drug-likeness (QED) is 0.496. The fraction of sp³-hybridized carbons (Fsp3) is 0.593. The van der Waals surface area contributed by atoms with E-state index >= 15 is 0 Å². The molecule has 5 rings (SSSR count). The lowest BCUT2D eigenvalue weighted by Gasteiger charge is -2.41. The molecule has 1 fully saturated rings. The molecule has 0 saturated heterocycles. The molecule has 3 aliphatic rings. The minimum atomic E-state index is -0.0349. The summed E-state index contributed by atoms with van der Waals surface area (Å²) in [6.07, 6.45) is 9.78. The van der Waals surface area contributed by atoms with Crippen LogP contribution >= 0.6 is 0 Å². The van der Waals surface area contributed by atoms with Gasteiger partial charge in [0.2, 0.25) is 0 Å². The van der Waals surface area contributed by atoms with Crippen LogP contribution in [0.1, 0.15) is 62.6 Å². The third kappa shape index (κ3) is 3.80. The van der Waals surface area contributed by atoms with E-state index in [0.717, 1.165) is 38.6 Å². The molecule has 1 aromatic carbocycles. The van der Waals surface area contributed by atoms with Gasteiger partial charge in [0.25, 0.3) is 0 Å². The molecule has 32 heavy (non-hydrogen) atoms. The zero-order chi connectivity index (χ0) is 22.4. The molecule has 0 unspecified atom stereocenters. The average Bonchev–Trinajstić information content (AvgIpc) is 3.18. The second-order valence-corrected chi connectivity index (χ2v) is 10.3. The molecule has 5 nitrogen and oxygen atoms in total. The Hall–Kier alpha value is -2.11. The minimum absolute atomic E-state index is 0.0258. The Labute approximate surface area is 191 Å². The van der Waals surface area contributed by atoms with Crippen LogP contribution in [-0.2, 0) is 20.7 Å². The number of aromatic nitrogens is 1. The summed E-state index contributed by atoms with van der Waals surface area (Å²) in [4.78, 5) is 15.1. The van der Waals surface area contributed by atoms with E-state index < -0.39 is 0 Å². The van der Waals surface area contributed by atoms with Crippen LogP contribution in [0.15, 0.2) is 36.0 Å². The van der Waals surface area contributed by atoms with Gasteiger partial charge in [0, 0.05) is 48.8 Å². The summed E-state index contributed by atoms with van der Waals surface area (Å²) in [6.45, 7) is 5.77. The third-order valence-corrected chi connectivity index (χ3v) is 7.90. The Morgan fingerprint density at radius 1 is 1.19 bits per heavy atom. The van der Waals surface area contributed by atoms with Gasteiger partial charge in [-0.15, -0.1) is 0 Å². The molecule has 0 bridgehead atoms. The summed E-state index contributed by atoms with van der Waals surface area (Å²) in [6, 6.07) is 7.64. The molecule has 5 heteroatoms. The molecule has 172 valence electrons. The van der Waals surface area contributed by atoms with E-state index in [1.807, 2.05) is 0 Å². The summed E-state index contributed by atoms with van der Waals surface area (Å²) >= 11 is 0. The van der Waals surface area contributed by atoms with Crippen LogP contribution in [0.4, 0.5) is 0 Å².